The highest BCUT2D eigenvalue weighted by molar-refractivity contribution is 5.96. The molecule has 5 heteroatoms. The summed E-state index contributed by atoms with van der Waals surface area (Å²) in [4.78, 5) is 11.6. The van der Waals surface area contributed by atoms with Crippen molar-refractivity contribution in [1.82, 2.24) is 10.6 Å². The van der Waals surface area contributed by atoms with Crippen LogP contribution in [0, 0.1) is 0 Å². The van der Waals surface area contributed by atoms with Crippen LogP contribution in [-0.4, -0.2) is 37.2 Å². The Hall–Kier alpha value is -1.59. The van der Waals surface area contributed by atoms with Gasteiger partial charge >= 0.3 is 0 Å². The number of nitrogens with one attached hydrogen (secondary N) is 2. The van der Waals surface area contributed by atoms with E-state index in [1.165, 1.54) is 6.07 Å². The second-order valence-electron chi connectivity index (χ2n) is 3.31. The summed E-state index contributed by atoms with van der Waals surface area (Å²) in [6.45, 7) is 2.48. The highest BCUT2D eigenvalue weighted by atomic mass is 16.3. The Morgan fingerprint density at radius 2 is 2.00 bits per heavy atom. The molecule has 0 unspecified atom stereocenters. The van der Waals surface area contributed by atoms with Crippen LogP contribution < -0.4 is 16.4 Å². The molecule has 16 heavy (non-hydrogen) atoms. The van der Waals surface area contributed by atoms with E-state index in [4.69, 9.17) is 5.73 Å². The first-order chi connectivity index (χ1) is 7.75. The number of hydrogen-bond donors (Lipinski definition) is 4. The summed E-state index contributed by atoms with van der Waals surface area (Å²) < 4.78 is 0. The first kappa shape index (κ1) is 12.5. The number of nitrogens with two attached hydrogens (primary N) is 1. The third-order valence-corrected chi connectivity index (χ3v) is 2.06. The molecule has 0 spiro atoms. The third-order valence-electron chi connectivity index (χ3n) is 2.06. The first-order valence-corrected chi connectivity index (χ1v) is 5.22. The number of phenols is 1. The van der Waals surface area contributed by atoms with E-state index in [1.807, 2.05) is 0 Å². The lowest BCUT2D eigenvalue weighted by Gasteiger charge is -2.07. The lowest BCUT2D eigenvalue weighted by atomic mass is 10.2. The zero-order valence-electron chi connectivity index (χ0n) is 9.07. The number of carbonyl (C=O) groups is 1. The van der Waals surface area contributed by atoms with Crippen LogP contribution in [0.5, 0.6) is 5.75 Å². The lowest BCUT2D eigenvalue weighted by Crippen LogP contribution is -2.33. The predicted molar refractivity (Wildman–Crippen MR) is 62.4 cm³/mol. The summed E-state index contributed by atoms with van der Waals surface area (Å²) in [6, 6.07) is 6.45. The van der Waals surface area contributed by atoms with Crippen LogP contribution in [-0.2, 0) is 0 Å². The van der Waals surface area contributed by atoms with E-state index in [1.54, 1.807) is 18.2 Å². The van der Waals surface area contributed by atoms with Crippen LogP contribution in [0.4, 0.5) is 0 Å². The van der Waals surface area contributed by atoms with Crippen molar-refractivity contribution in [2.45, 2.75) is 0 Å². The maximum atomic E-state index is 11.6. The number of para-hydroxylation sites is 1. The van der Waals surface area contributed by atoms with E-state index in [9.17, 15) is 9.90 Å². The number of carbonyl (C=O) groups excluding carboxylic acids is 1. The van der Waals surface area contributed by atoms with Gasteiger partial charge in [0.2, 0.25) is 0 Å². The van der Waals surface area contributed by atoms with E-state index < -0.39 is 0 Å². The molecule has 0 aliphatic rings. The number of amides is 1. The van der Waals surface area contributed by atoms with Gasteiger partial charge in [-0.2, -0.15) is 0 Å². The van der Waals surface area contributed by atoms with Crippen molar-refractivity contribution >= 4 is 5.91 Å². The molecule has 0 fully saturated rings. The number of rotatable bonds is 6. The van der Waals surface area contributed by atoms with Crippen molar-refractivity contribution in [3.05, 3.63) is 29.8 Å². The van der Waals surface area contributed by atoms with Gasteiger partial charge in [-0.1, -0.05) is 12.1 Å². The van der Waals surface area contributed by atoms with Crippen LogP contribution in [0.3, 0.4) is 0 Å². The second-order valence-corrected chi connectivity index (χ2v) is 3.31. The Balaban J connectivity index is 2.33. The minimum Gasteiger partial charge on any atom is -0.507 e. The molecule has 1 rings (SSSR count). The summed E-state index contributed by atoms with van der Waals surface area (Å²) in [7, 11) is 0. The lowest BCUT2D eigenvalue weighted by molar-refractivity contribution is 0.0951. The van der Waals surface area contributed by atoms with E-state index in [0.717, 1.165) is 6.54 Å². The Labute approximate surface area is 94.7 Å². The van der Waals surface area contributed by atoms with Crippen molar-refractivity contribution < 1.29 is 9.90 Å². The first-order valence-electron chi connectivity index (χ1n) is 5.22. The fourth-order valence-corrected chi connectivity index (χ4v) is 1.25. The van der Waals surface area contributed by atoms with Crippen LogP contribution in [0.2, 0.25) is 0 Å². The van der Waals surface area contributed by atoms with Crippen molar-refractivity contribution in [2.24, 2.45) is 5.73 Å². The van der Waals surface area contributed by atoms with E-state index in [2.05, 4.69) is 10.6 Å². The SMILES string of the molecule is NCCNCCNC(=O)c1ccccc1O. The maximum Gasteiger partial charge on any atom is 0.255 e. The quantitative estimate of drug-likeness (QED) is 0.497. The van der Waals surface area contributed by atoms with Crippen LogP contribution >= 0.6 is 0 Å². The smallest absolute Gasteiger partial charge is 0.255 e. The van der Waals surface area contributed by atoms with Crippen LogP contribution in [0.25, 0.3) is 0 Å². The van der Waals surface area contributed by atoms with Gasteiger partial charge in [-0.3, -0.25) is 4.79 Å². The number of hydrogen-bond acceptors (Lipinski definition) is 4. The molecule has 0 aromatic heterocycles. The highest BCUT2D eigenvalue weighted by Crippen LogP contribution is 2.14. The van der Waals surface area contributed by atoms with Gasteiger partial charge in [0.05, 0.1) is 5.56 Å². The van der Waals surface area contributed by atoms with E-state index in [0.29, 0.717) is 25.2 Å². The highest BCUT2D eigenvalue weighted by Gasteiger charge is 2.08. The topological polar surface area (TPSA) is 87.4 Å². The van der Waals surface area contributed by atoms with Gasteiger partial charge in [-0.25, -0.2) is 0 Å². The zero-order chi connectivity index (χ0) is 11.8. The Morgan fingerprint density at radius 1 is 1.25 bits per heavy atom. The van der Waals surface area contributed by atoms with Crippen molar-refractivity contribution in [2.75, 3.05) is 26.2 Å². The molecular formula is C11H17N3O2. The second kappa shape index (κ2) is 6.81. The molecule has 0 aliphatic heterocycles. The molecule has 5 N–H and O–H groups in total. The normalized spacial score (nSPS) is 10.1. The molecule has 5 nitrogen and oxygen atoms in total. The van der Waals surface area contributed by atoms with Crippen molar-refractivity contribution in [1.29, 1.82) is 0 Å². The molecule has 1 amide bonds. The molecule has 0 saturated heterocycles. The average molecular weight is 223 g/mol. The molecule has 0 bridgehead atoms. The molecule has 1 aromatic rings. The summed E-state index contributed by atoms with van der Waals surface area (Å²) >= 11 is 0. The number of aromatic hydroxyl groups is 1. The van der Waals surface area contributed by atoms with Gasteiger partial charge in [-0.05, 0) is 12.1 Å². The van der Waals surface area contributed by atoms with Crippen LogP contribution in [0.1, 0.15) is 10.4 Å². The molecule has 88 valence electrons. The van der Waals surface area contributed by atoms with Gasteiger partial charge in [0.25, 0.3) is 5.91 Å². The van der Waals surface area contributed by atoms with Gasteiger partial charge in [0.1, 0.15) is 5.75 Å². The predicted octanol–water partition coefficient (Wildman–Crippen LogP) is -0.330. The zero-order valence-corrected chi connectivity index (χ0v) is 9.07. The molecular weight excluding hydrogens is 206 g/mol. The summed E-state index contributed by atoms with van der Waals surface area (Å²) in [6.07, 6.45) is 0. The van der Waals surface area contributed by atoms with Gasteiger partial charge in [0.15, 0.2) is 0 Å². The van der Waals surface area contributed by atoms with Crippen LogP contribution in [0.15, 0.2) is 24.3 Å². The fourth-order valence-electron chi connectivity index (χ4n) is 1.25. The molecule has 0 heterocycles. The van der Waals surface area contributed by atoms with Crippen molar-refractivity contribution in [3.63, 3.8) is 0 Å². The summed E-state index contributed by atoms with van der Waals surface area (Å²) in [5.41, 5.74) is 5.59. The minimum atomic E-state index is -0.271. The number of phenolic OH excluding ortho intramolecular Hbond substituents is 1. The summed E-state index contributed by atoms with van der Waals surface area (Å²) in [5.74, 6) is -0.275. The Morgan fingerprint density at radius 3 is 2.69 bits per heavy atom. The molecule has 0 radical (unpaired) electrons. The number of benzene rings is 1. The Bertz CT molecular complexity index is 342. The largest absolute Gasteiger partial charge is 0.507 e. The molecule has 0 saturated carbocycles. The van der Waals surface area contributed by atoms with Gasteiger partial charge in [0, 0.05) is 26.2 Å². The Kier molecular flexibility index (Phi) is 5.31. The maximum absolute atomic E-state index is 11.6. The van der Waals surface area contributed by atoms with E-state index >= 15 is 0 Å². The molecule has 0 atom stereocenters. The average Bonchev–Trinajstić information content (AvgIpc) is 2.29. The van der Waals surface area contributed by atoms with Crippen molar-refractivity contribution in [3.8, 4) is 5.75 Å². The van der Waals surface area contributed by atoms with Gasteiger partial charge < -0.3 is 21.5 Å². The minimum absolute atomic E-state index is 0.00471. The monoisotopic (exact) mass is 223 g/mol. The van der Waals surface area contributed by atoms with Gasteiger partial charge in [-0.15, -0.1) is 0 Å². The third kappa shape index (κ3) is 3.88. The summed E-state index contributed by atoms with van der Waals surface area (Å²) in [5, 5.41) is 15.2. The molecule has 0 aliphatic carbocycles. The molecule has 1 aromatic carbocycles. The van der Waals surface area contributed by atoms with E-state index in [-0.39, 0.29) is 11.7 Å². The standard InChI is InChI=1S/C11H17N3O2/c12-5-6-13-7-8-14-11(16)9-3-1-2-4-10(9)15/h1-4,13,15H,5-8,12H2,(H,14,16). The fraction of sp³-hybridized carbons (Fsp3) is 0.364.